The van der Waals surface area contributed by atoms with E-state index in [-0.39, 0.29) is 29.8 Å². The van der Waals surface area contributed by atoms with E-state index in [2.05, 4.69) is 5.32 Å². The zero-order valence-electron chi connectivity index (χ0n) is 10.2. The molecule has 1 fully saturated rings. The Morgan fingerprint density at radius 3 is 2.95 bits per heavy atom. The van der Waals surface area contributed by atoms with E-state index < -0.39 is 11.9 Å². The molecule has 1 amide bonds. The van der Waals surface area contributed by atoms with Gasteiger partial charge in [-0.1, -0.05) is 11.6 Å². The van der Waals surface area contributed by atoms with Crippen molar-refractivity contribution < 1.29 is 19.0 Å². The third-order valence-corrected chi connectivity index (χ3v) is 3.22. The molecule has 1 unspecified atom stereocenters. The van der Waals surface area contributed by atoms with Gasteiger partial charge in [0, 0.05) is 6.54 Å². The van der Waals surface area contributed by atoms with Crippen LogP contribution in [-0.4, -0.2) is 30.3 Å². The second kappa shape index (κ2) is 6.21. The number of hydrogen-bond donors (Lipinski definition) is 2. The van der Waals surface area contributed by atoms with E-state index >= 15 is 0 Å². The lowest BCUT2D eigenvalue weighted by molar-refractivity contribution is -0.123. The normalized spacial score (nSPS) is 15.9. The molecule has 0 saturated heterocycles. The van der Waals surface area contributed by atoms with Gasteiger partial charge in [-0.05, 0) is 37.0 Å². The first-order chi connectivity index (χ1) is 9.06. The first kappa shape index (κ1) is 14.1. The Labute approximate surface area is 115 Å². The van der Waals surface area contributed by atoms with E-state index in [1.165, 1.54) is 12.1 Å². The second-order valence-electron chi connectivity index (χ2n) is 4.57. The van der Waals surface area contributed by atoms with E-state index in [9.17, 15) is 14.3 Å². The molecule has 1 aromatic rings. The molecule has 1 aliphatic carbocycles. The van der Waals surface area contributed by atoms with Crippen molar-refractivity contribution in [3.63, 3.8) is 0 Å². The van der Waals surface area contributed by atoms with Gasteiger partial charge >= 0.3 is 0 Å². The fourth-order valence-electron chi connectivity index (χ4n) is 1.65. The molecule has 1 aromatic carbocycles. The van der Waals surface area contributed by atoms with E-state index in [4.69, 9.17) is 16.3 Å². The first-order valence-electron chi connectivity index (χ1n) is 6.09. The van der Waals surface area contributed by atoms with Crippen molar-refractivity contribution >= 4 is 17.5 Å². The highest BCUT2D eigenvalue weighted by Crippen LogP contribution is 2.32. The van der Waals surface area contributed by atoms with E-state index in [0.29, 0.717) is 5.92 Å². The Morgan fingerprint density at radius 1 is 1.58 bits per heavy atom. The van der Waals surface area contributed by atoms with Crippen LogP contribution in [0, 0.1) is 11.7 Å². The maximum atomic E-state index is 12.8. The number of benzene rings is 1. The van der Waals surface area contributed by atoms with Crippen LogP contribution in [0.4, 0.5) is 4.39 Å². The maximum Gasteiger partial charge on any atom is 0.258 e. The van der Waals surface area contributed by atoms with Crippen LogP contribution in [0.15, 0.2) is 18.2 Å². The van der Waals surface area contributed by atoms with Crippen LogP contribution in [0.1, 0.15) is 12.8 Å². The number of carbonyl (C=O) groups excluding carboxylic acids is 1. The van der Waals surface area contributed by atoms with Crippen LogP contribution >= 0.6 is 11.6 Å². The summed E-state index contributed by atoms with van der Waals surface area (Å²) in [5, 5.41) is 12.3. The molecule has 19 heavy (non-hydrogen) atoms. The zero-order chi connectivity index (χ0) is 13.8. The highest BCUT2D eigenvalue weighted by molar-refractivity contribution is 6.32. The molecule has 2 rings (SSSR count). The Balaban J connectivity index is 1.73. The second-order valence-corrected chi connectivity index (χ2v) is 4.98. The van der Waals surface area contributed by atoms with Crippen LogP contribution in [0.3, 0.4) is 0 Å². The molecule has 104 valence electrons. The fourth-order valence-corrected chi connectivity index (χ4v) is 1.87. The molecule has 1 aliphatic rings. The molecule has 4 nitrogen and oxygen atoms in total. The highest BCUT2D eigenvalue weighted by atomic mass is 35.5. The molecule has 0 bridgehead atoms. The van der Waals surface area contributed by atoms with Crippen molar-refractivity contribution in [2.24, 2.45) is 5.92 Å². The molecule has 1 atom stereocenters. The van der Waals surface area contributed by atoms with Crippen LogP contribution < -0.4 is 10.1 Å². The van der Waals surface area contributed by atoms with Gasteiger partial charge in [-0.15, -0.1) is 0 Å². The number of aliphatic hydroxyl groups is 1. The van der Waals surface area contributed by atoms with Crippen molar-refractivity contribution in [3.05, 3.63) is 29.0 Å². The van der Waals surface area contributed by atoms with Crippen molar-refractivity contribution in [3.8, 4) is 5.75 Å². The maximum absolute atomic E-state index is 12.8. The Kier molecular flexibility index (Phi) is 4.61. The summed E-state index contributed by atoms with van der Waals surface area (Å²) in [6.07, 6.45) is 1.54. The van der Waals surface area contributed by atoms with Gasteiger partial charge in [-0.2, -0.15) is 0 Å². The summed E-state index contributed by atoms with van der Waals surface area (Å²) in [7, 11) is 0. The number of hydrogen-bond acceptors (Lipinski definition) is 3. The zero-order valence-corrected chi connectivity index (χ0v) is 11.0. The topological polar surface area (TPSA) is 58.6 Å². The van der Waals surface area contributed by atoms with Crippen molar-refractivity contribution in [1.29, 1.82) is 0 Å². The van der Waals surface area contributed by atoms with Crippen molar-refractivity contribution in [2.75, 3.05) is 13.2 Å². The van der Waals surface area contributed by atoms with Crippen molar-refractivity contribution in [1.82, 2.24) is 5.32 Å². The molecule has 0 radical (unpaired) electrons. The molecular formula is C13H15ClFNO3. The van der Waals surface area contributed by atoms with Crippen LogP contribution in [-0.2, 0) is 4.79 Å². The first-order valence-corrected chi connectivity index (χ1v) is 6.46. The summed E-state index contributed by atoms with van der Waals surface area (Å²) in [6.45, 7) is 0.00670. The average molecular weight is 288 g/mol. The summed E-state index contributed by atoms with van der Waals surface area (Å²) >= 11 is 5.75. The van der Waals surface area contributed by atoms with Gasteiger partial charge in [-0.3, -0.25) is 4.79 Å². The van der Waals surface area contributed by atoms with Gasteiger partial charge in [0.15, 0.2) is 6.61 Å². The van der Waals surface area contributed by atoms with Gasteiger partial charge in [-0.25, -0.2) is 4.39 Å². The number of halogens is 2. The van der Waals surface area contributed by atoms with Crippen LogP contribution in [0.25, 0.3) is 0 Å². The Bertz CT molecular complexity index is 465. The molecule has 0 aliphatic heterocycles. The molecule has 0 aromatic heterocycles. The number of nitrogens with one attached hydrogen (secondary N) is 1. The monoisotopic (exact) mass is 287 g/mol. The number of carbonyl (C=O) groups is 1. The fraction of sp³-hybridized carbons (Fsp3) is 0.462. The minimum Gasteiger partial charge on any atom is -0.482 e. The van der Waals surface area contributed by atoms with Gasteiger partial charge in [0.2, 0.25) is 0 Å². The molecular weight excluding hydrogens is 273 g/mol. The SMILES string of the molecule is O=C(COc1ccc(F)cc1Cl)NCC(O)C1CC1. The summed E-state index contributed by atoms with van der Waals surface area (Å²) in [4.78, 5) is 11.5. The van der Waals surface area contributed by atoms with E-state index in [0.717, 1.165) is 18.9 Å². The predicted octanol–water partition coefficient (Wildman–Crippen LogP) is 1.74. The average Bonchev–Trinajstić information content (AvgIpc) is 3.19. The minimum atomic E-state index is -0.488. The third kappa shape index (κ3) is 4.36. The van der Waals surface area contributed by atoms with E-state index in [1.54, 1.807) is 0 Å². The lowest BCUT2D eigenvalue weighted by atomic mass is 10.2. The van der Waals surface area contributed by atoms with Gasteiger partial charge in [0.25, 0.3) is 5.91 Å². The van der Waals surface area contributed by atoms with Gasteiger partial charge in [0.1, 0.15) is 11.6 Å². The minimum absolute atomic E-state index is 0.116. The smallest absolute Gasteiger partial charge is 0.258 e. The highest BCUT2D eigenvalue weighted by Gasteiger charge is 2.29. The summed E-state index contributed by atoms with van der Waals surface area (Å²) < 4.78 is 18.0. The largest absolute Gasteiger partial charge is 0.482 e. The number of ether oxygens (including phenoxy) is 1. The number of rotatable bonds is 6. The molecule has 6 heteroatoms. The Morgan fingerprint density at radius 2 is 2.32 bits per heavy atom. The quantitative estimate of drug-likeness (QED) is 0.838. The molecule has 2 N–H and O–H groups in total. The predicted molar refractivity (Wildman–Crippen MR) is 68.6 cm³/mol. The standard InChI is InChI=1S/C13H15ClFNO3/c14-10-5-9(15)3-4-12(10)19-7-13(18)16-6-11(17)8-1-2-8/h3-5,8,11,17H,1-2,6-7H2,(H,16,18). The Hall–Kier alpha value is -1.33. The lowest BCUT2D eigenvalue weighted by Crippen LogP contribution is -2.36. The van der Waals surface area contributed by atoms with Gasteiger partial charge < -0.3 is 15.2 Å². The molecule has 0 heterocycles. The lowest BCUT2D eigenvalue weighted by Gasteiger charge is -2.11. The van der Waals surface area contributed by atoms with Gasteiger partial charge in [0.05, 0.1) is 11.1 Å². The molecule has 0 spiro atoms. The molecule has 1 saturated carbocycles. The van der Waals surface area contributed by atoms with Crippen LogP contribution in [0.2, 0.25) is 5.02 Å². The summed E-state index contributed by atoms with van der Waals surface area (Å²) in [5.41, 5.74) is 0. The number of amides is 1. The van der Waals surface area contributed by atoms with Crippen molar-refractivity contribution in [2.45, 2.75) is 18.9 Å². The summed E-state index contributed by atoms with van der Waals surface area (Å²) in [6, 6.07) is 3.69. The third-order valence-electron chi connectivity index (χ3n) is 2.93. The number of aliphatic hydroxyl groups excluding tert-OH is 1. The van der Waals surface area contributed by atoms with Crippen LogP contribution in [0.5, 0.6) is 5.75 Å². The summed E-state index contributed by atoms with van der Waals surface area (Å²) in [5.74, 6) is -0.247. The van der Waals surface area contributed by atoms with E-state index in [1.807, 2.05) is 0 Å².